The first kappa shape index (κ1) is 29.0. The number of carbonyl (C=O) groups is 3. The summed E-state index contributed by atoms with van der Waals surface area (Å²) in [6.45, 7) is 4.51. The van der Waals surface area contributed by atoms with Crippen LogP contribution >= 0.6 is 0 Å². The van der Waals surface area contributed by atoms with Crippen LogP contribution in [0.3, 0.4) is 0 Å². The quantitative estimate of drug-likeness (QED) is 0.248. The van der Waals surface area contributed by atoms with Gasteiger partial charge >= 0.3 is 0 Å². The van der Waals surface area contributed by atoms with E-state index in [1.54, 1.807) is 36.2 Å². The minimum absolute atomic E-state index is 0.0449. The number of nitrogens with one attached hydrogen (secondary N) is 1. The molecule has 5 rings (SSSR count). The second kappa shape index (κ2) is 12.6. The van der Waals surface area contributed by atoms with E-state index in [0.717, 1.165) is 21.9 Å². The molecule has 4 aromatic carbocycles. The van der Waals surface area contributed by atoms with E-state index in [0.29, 0.717) is 48.4 Å². The highest BCUT2D eigenvalue weighted by atomic mass is 16.2. The van der Waals surface area contributed by atoms with Crippen molar-refractivity contribution < 1.29 is 14.4 Å². The van der Waals surface area contributed by atoms with Crippen LogP contribution in [0.25, 0.3) is 10.8 Å². The minimum Gasteiger partial charge on any atom is -0.399 e. The van der Waals surface area contributed by atoms with Crippen molar-refractivity contribution in [2.24, 2.45) is 5.92 Å². The number of likely N-dealkylation sites (N-methyl/N-ethyl adjacent to an activating group) is 1. The smallest absolute Gasteiger partial charge is 0.258 e. The molecule has 0 bridgehead atoms. The molecule has 1 aliphatic rings. The first-order chi connectivity index (χ1) is 20.3. The van der Waals surface area contributed by atoms with Gasteiger partial charge in [0.05, 0.1) is 29.9 Å². The van der Waals surface area contributed by atoms with Crippen molar-refractivity contribution in [2.75, 3.05) is 29.1 Å². The molecule has 0 radical (unpaired) electrons. The zero-order chi connectivity index (χ0) is 29.8. The summed E-state index contributed by atoms with van der Waals surface area (Å²) in [6, 6.07) is 26.6. The Morgan fingerprint density at radius 2 is 1.64 bits per heavy atom. The lowest BCUT2D eigenvalue weighted by molar-refractivity contribution is -0.123. The number of amides is 2. The molecule has 2 amide bonds. The molecule has 7 heteroatoms. The van der Waals surface area contributed by atoms with Crippen LogP contribution in [-0.2, 0) is 16.1 Å². The Morgan fingerprint density at radius 3 is 2.38 bits per heavy atom. The summed E-state index contributed by atoms with van der Waals surface area (Å²) < 4.78 is 0. The van der Waals surface area contributed by atoms with Crippen LogP contribution in [0.5, 0.6) is 0 Å². The maximum Gasteiger partial charge on any atom is 0.258 e. The number of rotatable bonds is 9. The molecule has 0 aliphatic carbocycles. The van der Waals surface area contributed by atoms with Crippen molar-refractivity contribution >= 4 is 45.4 Å². The Balaban J connectivity index is 1.56. The molecular weight excluding hydrogens is 524 g/mol. The highest BCUT2D eigenvalue weighted by Crippen LogP contribution is 2.38. The molecule has 7 nitrogen and oxygen atoms in total. The zero-order valence-electron chi connectivity index (χ0n) is 24.5. The number of nitrogens with two attached hydrogens (primary N) is 1. The highest BCUT2D eigenvalue weighted by Gasteiger charge is 2.36. The van der Waals surface area contributed by atoms with Crippen LogP contribution < -0.4 is 20.9 Å². The standard InChI is InChI=1S/C35H38N4O3/c1-23-15-16-25-9-4-5-11-29(25)30(23)22-39-32-13-7-6-12-31(32)38(34(41)26-17-19-28(36)20-18-26)21-27(35(39)42)10-8-14-33(40)24(2)37-3/h4-7,9,11-13,15-20,24,27,37H,8,10,14,21-22,36H2,1-3H3. The van der Waals surface area contributed by atoms with Crippen LogP contribution in [0.1, 0.15) is 47.7 Å². The highest BCUT2D eigenvalue weighted by molar-refractivity contribution is 6.11. The average Bonchev–Trinajstić information content (AvgIpc) is 3.12. The first-order valence-corrected chi connectivity index (χ1v) is 14.5. The zero-order valence-corrected chi connectivity index (χ0v) is 24.5. The van der Waals surface area contributed by atoms with Crippen molar-refractivity contribution in [2.45, 2.75) is 45.7 Å². The number of hydrogen-bond acceptors (Lipinski definition) is 5. The molecule has 0 saturated heterocycles. The molecule has 0 fully saturated rings. The number of hydrogen-bond donors (Lipinski definition) is 2. The van der Waals surface area contributed by atoms with Gasteiger partial charge in [0.25, 0.3) is 5.91 Å². The third-order valence-corrected chi connectivity index (χ3v) is 8.37. The van der Waals surface area contributed by atoms with Gasteiger partial charge in [0.2, 0.25) is 5.91 Å². The summed E-state index contributed by atoms with van der Waals surface area (Å²) >= 11 is 0. The normalized spacial score (nSPS) is 15.8. The van der Waals surface area contributed by atoms with Gasteiger partial charge in [-0.3, -0.25) is 14.4 Å². The number of nitrogen functional groups attached to an aromatic ring is 1. The maximum atomic E-state index is 14.4. The Morgan fingerprint density at radius 1 is 0.952 bits per heavy atom. The van der Waals surface area contributed by atoms with Gasteiger partial charge in [-0.1, -0.05) is 48.5 Å². The second-order valence-corrected chi connectivity index (χ2v) is 11.1. The number of benzene rings is 4. The van der Waals surface area contributed by atoms with Crippen molar-refractivity contribution in [3.63, 3.8) is 0 Å². The van der Waals surface area contributed by atoms with Crippen molar-refractivity contribution in [1.82, 2.24) is 5.32 Å². The van der Waals surface area contributed by atoms with Gasteiger partial charge in [-0.15, -0.1) is 0 Å². The number of ketones is 1. The molecule has 0 saturated carbocycles. The molecule has 0 spiro atoms. The van der Waals surface area contributed by atoms with Gasteiger partial charge in [0.15, 0.2) is 0 Å². The lowest BCUT2D eigenvalue weighted by Crippen LogP contribution is -2.40. The predicted molar refractivity (Wildman–Crippen MR) is 170 cm³/mol. The maximum absolute atomic E-state index is 14.4. The Kier molecular flexibility index (Phi) is 8.69. The Hall–Kier alpha value is -4.49. The SMILES string of the molecule is CNC(C)C(=O)CCCC1CN(C(=O)c2ccc(N)cc2)c2ccccc2N(Cc2c(C)ccc3ccccc23)C1=O. The van der Waals surface area contributed by atoms with E-state index >= 15 is 0 Å². The molecule has 0 aromatic heterocycles. The minimum atomic E-state index is -0.483. The summed E-state index contributed by atoms with van der Waals surface area (Å²) in [5, 5.41) is 5.21. The number of carbonyl (C=O) groups excluding carboxylic acids is 3. The lowest BCUT2D eigenvalue weighted by Gasteiger charge is -2.27. The number of aryl methyl sites for hydroxylation is 1. The monoisotopic (exact) mass is 562 g/mol. The molecule has 1 heterocycles. The van der Waals surface area contributed by atoms with Crippen LogP contribution in [0.2, 0.25) is 0 Å². The summed E-state index contributed by atoms with van der Waals surface area (Å²) in [7, 11) is 1.77. The molecule has 4 aromatic rings. The fourth-order valence-electron chi connectivity index (χ4n) is 5.72. The number of anilines is 3. The third-order valence-electron chi connectivity index (χ3n) is 8.37. The topological polar surface area (TPSA) is 95.7 Å². The lowest BCUT2D eigenvalue weighted by atomic mass is 9.96. The summed E-state index contributed by atoms with van der Waals surface area (Å²) in [6.07, 6.45) is 1.42. The molecule has 2 unspecified atom stereocenters. The van der Waals surface area contributed by atoms with Gasteiger partial charge in [0, 0.05) is 24.2 Å². The molecular formula is C35H38N4O3. The van der Waals surface area contributed by atoms with E-state index in [2.05, 4.69) is 36.5 Å². The summed E-state index contributed by atoms with van der Waals surface area (Å²) in [5.41, 5.74) is 10.5. The average molecular weight is 563 g/mol. The van der Waals surface area contributed by atoms with E-state index in [-0.39, 0.29) is 30.2 Å². The van der Waals surface area contributed by atoms with Crippen LogP contribution in [-0.4, -0.2) is 37.2 Å². The van der Waals surface area contributed by atoms with Crippen molar-refractivity contribution in [3.05, 3.63) is 102 Å². The largest absolute Gasteiger partial charge is 0.399 e. The van der Waals surface area contributed by atoms with Crippen molar-refractivity contribution in [1.29, 1.82) is 0 Å². The third kappa shape index (κ3) is 5.92. The van der Waals surface area contributed by atoms with Gasteiger partial charge < -0.3 is 20.9 Å². The van der Waals surface area contributed by atoms with Gasteiger partial charge in [0.1, 0.15) is 5.78 Å². The second-order valence-electron chi connectivity index (χ2n) is 11.1. The number of nitrogens with zero attached hydrogens (tertiary/aromatic N) is 2. The van der Waals surface area contributed by atoms with Crippen LogP contribution in [0, 0.1) is 12.8 Å². The molecule has 2 atom stereocenters. The Bertz CT molecular complexity index is 1610. The van der Waals surface area contributed by atoms with E-state index < -0.39 is 5.92 Å². The van der Waals surface area contributed by atoms with Crippen molar-refractivity contribution in [3.8, 4) is 0 Å². The molecule has 1 aliphatic heterocycles. The van der Waals surface area contributed by atoms with Gasteiger partial charge in [-0.2, -0.15) is 0 Å². The van der Waals surface area contributed by atoms with E-state index in [9.17, 15) is 14.4 Å². The van der Waals surface area contributed by atoms with Gasteiger partial charge in [-0.25, -0.2) is 0 Å². The number of Topliss-reactive ketones (excluding diaryl/α,β-unsaturated/α-hetero) is 1. The predicted octanol–water partition coefficient (Wildman–Crippen LogP) is 5.89. The van der Waals surface area contributed by atoms with E-state index in [1.807, 2.05) is 48.2 Å². The van der Waals surface area contributed by atoms with E-state index in [1.165, 1.54) is 0 Å². The molecule has 216 valence electrons. The first-order valence-electron chi connectivity index (χ1n) is 14.5. The summed E-state index contributed by atoms with van der Waals surface area (Å²) in [4.78, 5) is 44.5. The molecule has 42 heavy (non-hydrogen) atoms. The molecule has 3 N–H and O–H groups in total. The fourth-order valence-corrected chi connectivity index (χ4v) is 5.72. The summed E-state index contributed by atoms with van der Waals surface area (Å²) in [5.74, 6) is -0.608. The van der Waals surface area contributed by atoms with Gasteiger partial charge in [-0.05, 0) is 92.0 Å². The number of para-hydroxylation sites is 2. The Labute approximate surface area is 247 Å². The van der Waals surface area contributed by atoms with Crippen LogP contribution in [0.4, 0.5) is 17.1 Å². The van der Waals surface area contributed by atoms with E-state index in [4.69, 9.17) is 5.73 Å². The number of fused-ring (bicyclic) bond motifs is 2. The van der Waals surface area contributed by atoms with Crippen LogP contribution in [0.15, 0.2) is 84.9 Å². The fraction of sp³-hybridized carbons (Fsp3) is 0.286.